The van der Waals surface area contributed by atoms with Gasteiger partial charge in [0.1, 0.15) is 5.82 Å². The molecule has 2 N–H and O–H groups in total. The number of benzene rings is 2. The van der Waals surface area contributed by atoms with Crippen molar-refractivity contribution in [1.29, 1.82) is 0 Å². The van der Waals surface area contributed by atoms with Crippen LogP contribution in [0.25, 0.3) is 11.0 Å². The number of aromatic nitrogens is 2. The Morgan fingerprint density at radius 3 is 2.33 bits per heavy atom. The number of imidazole rings is 1. The summed E-state index contributed by atoms with van der Waals surface area (Å²) in [6.45, 7) is 1.20. The summed E-state index contributed by atoms with van der Waals surface area (Å²) in [7, 11) is -3.36. The minimum atomic E-state index is -4.13. The van der Waals surface area contributed by atoms with Crippen molar-refractivity contribution in [3.63, 3.8) is 0 Å². The molecule has 2 aliphatic rings. The van der Waals surface area contributed by atoms with Crippen LogP contribution in [0.2, 0.25) is 0 Å². The average Bonchev–Trinajstić information content (AvgIpc) is 3.71. The highest BCUT2D eigenvalue weighted by atomic mass is 32.2. The van der Waals surface area contributed by atoms with Crippen LogP contribution in [-0.4, -0.2) is 47.5 Å². The molecule has 0 radical (unpaired) electrons. The molecule has 0 saturated heterocycles. The quantitative estimate of drug-likeness (QED) is 0.348. The number of fused-ring (bicyclic) bond motifs is 1. The van der Waals surface area contributed by atoms with E-state index in [0.717, 1.165) is 24.2 Å². The van der Waals surface area contributed by atoms with Crippen molar-refractivity contribution in [2.45, 2.75) is 75.0 Å². The first-order valence-corrected chi connectivity index (χ1v) is 15.5. The van der Waals surface area contributed by atoms with Crippen LogP contribution < -0.4 is 5.32 Å². The predicted molar refractivity (Wildman–Crippen MR) is 145 cm³/mol. The number of aliphatic hydroxyl groups is 1. The molecule has 1 heterocycles. The summed E-state index contributed by atoms with van der Waals surface area (Å²) < 4.78 is 65.7. The summed E-state index contributed by atoms with van der Waals surface area (Å²) in [5, 5.41) is 12.7. The van der Waals surface area contributed by atoms with Gasteiger partial charge in [-0.3, -0.25) is 4.79 Å². The van der Waals surface area contributed by atoms with Crippen molar-refractivity contribution in [2.24, 2.45) is 11.8 Å². The minimum Gasteiger partial charge on any atom is -0.394 e. The standard InChI is InChI=1S/C29H34F3N3O4S/c1-2-40(38,39)23-12-5-19(6-13-23)25(17-36)34-28(37)20-7-14-26-24(16-20)33-27(35(26)22-10-11-22)15-18-3-8-21(9-4-18)29(30,31)32/h5-7,12-14,16,18,21-22,25,36H,2-4,8-11,15,17H2,1H3,(H,34,37)/t18?,21?,25-/m1/s1. The second kappa shape index (κ2) is 11.2. The number of hydrogen-bond acceptors (Lipinski definition) is 5. The maximum atomic E-state index is 13.1. The zero-order chi connectivity index (χ0) is 28.7. The first-order valence-electron chi connectivity index (χ1n) is 13.8. The van der Waals surface area contributed by atoms with Gasteiger partial charge in [0.15, 0.2) is 9.84 Å². The molecule has 3 aromatic rings. The third kappa shape index (κ3) is 6.05. The number of alkyl halides is 3. The van der Waals surface area contributed by atoms with Gasteiger partial charge in [-0.05, 0) is 80.3 Å². The van der Waals surface area contributed by atoms with Crippen LogP contribution in [-0.2, 0) is 16.3 Å². The molecule has 2 fully saturated rings. The van der Waals surface area contributed by atoms with Gasteiger partial charge >= 0.3 is 6.18 Å². The average molecular weight is 578 g/mol. The molecule has 0 aliphatic heterocycles. The molecule has 1 atom stereocenters. The molecule has 0 spiro atoms. The molecule has 1 aromatic heterocycles. The SMILES string of the molecule is CCS(=O)(=O)c1ccc([C@@H](CO)NC(=O)c2ccc3c(c2)nc(CC2CCC(C(F)(F)F)CC2)n3C2CC2)cc1. The van der Waals surface area contributed by atoms with Crippen LogP contribution in [0.3, 0.4) is 0 Å². The fraction of sp³-hybridized carbons (Fsp3) is 0.517. The molecule has 0 bridgehead atoms. The van der Waals surface area contributed by atoms with Crippen LogP contribution in [0.15, 0.2) is 47.4 Å². The first-order chi connectivity index (χ1) is 19.0. The van der Waals surface area contributed by atoms with E-state index in [-0.39, 0.29) is 36.0 Å². The molecule has 5 rings (SSSR count). The molecule has 0 unspecified atom stereocenters. The molecule has 40 heavy (non-hydrogen) atoms. The highest BCUT2D eigenvalue weighted by molar-refractivity contribution is 7.91. The van der Waals surface area contributed by atoms with Crippen molar-refractivity contribution in [3.05, 3.63) is 59.4 Å². The lowest BCUT2D eigenvalue weighted by atomic mass is 9.80. The highest BCUT2D eigenvalue weighted by Crippen LogP contribution is 2.43. The maximum absolute atomic E-state index is 13.1. The van der Waals surface area contributed by atoms with E-state index >= 15 is 0 Å². The van der Waals surface area contributed by atoms with Crippen molar-refractivity contribution < 1.29 is 31.5 Å². The van der Waals surface area contributed by atoms with E-state index in [0.29, 0.717) is 41.9 Å². The Kier molecular flexibility index (Phi) is 7.98. The van der Waals surface area contributed by atoms with E-state index < -0.39 is 33.9 Å². The molecule has 2 saturated carbocycles. The van der Waals surface area contributed by atoms with Gasteiger partial charge in [0.05, 0.1) is 40.2 Å². The van der Waals surface area contributed by atoms with Crippen molar-refractivity contribution in [2.75, 3.05) is 12.4 Å². The number of nitrogens with one attached hydrogen (secondary N) is 1. The second-order valence-electron chi connectivity index (χ2n) is 11.0. The third-order valence-electron chi connectivity index (χ3n) is 8.23. The number of rotatable bonds is 9. The lowest BCUT2D eigenvalue weighted by Gasteiger charge is -2.29. The van der Waals surface area contributed by atoms with Gasteiger partial charge in [-0.1, -0.05) is 19.1 Å². The molecular formula is C29H34F3N3O4S. The molecule has 7 nitrogen and oxygen atoms in total. The highest BCUT2D eigenvalue weighted by Gasteiger charge is 2.41. The van der Waals surface area contributed by atoms with E-state index in [1.165, 1.54) is 12.1 Å². The van der Waals surface area contributed by atoms with Gasteiger partial charge in [0, 0.05) is 18.0 Å². The smallest absolute Gasteiger partial charge is 0.391 e. The zero-order valence-corrected chi connectivity index (χ0v) is 23.1. The van der Waals surface area contributed by atoms with Gasteiger partial charge < -0.3 is 15.0 Å². The minimum absolute atomic E-state index is 0.0214. The van der Waals surface area contributed by atoms with Gasteiger partial charge in [-0.15, -0.1) is 0 Å². The van der Waals surface area contributed by atoms with Gasteiger partial charge in [-0.2, -0.15) is 13.2 Å². The lowest BCUT2D eigenvalue weighted by Crippen LogP contribution is -2.30. The van der Waals surface area contributed by atoms with Gasteiger partial charge in [0.2, 0.25) is 0 Å². The summed E-state index contributed by atoms with van der Waals surface area (Å²) >= 11 is 0. The van der Waals surface area contributed by atoms with Gasteiger partial charge in [-0.25, -0.2) is 13.4 Å². The molecule has 1 amide bonds. The van der Waals surface area contributed by atoms with E-state index in [4.69, 9.17) is 4.98 Å². The molecule has 2 aliphatic carbocycles. The van der Waals surface area contributed by atoms with E-state index in [9.17, 15) is 31.5 Å². The Balaban J connectivity index is 1.32. The fourth-order valence-electron chi connectivity index (χ4n) is 5.68. The Bertz CT molecular complexity index is 1470. The van der Waals surface area contributed by atoms with Crippen LogP contribution >= 0.6 is 0 Å². The van der Waals surface area contributed by atoms with Crippen LogP contribution in [0, 0.1) is 11.8 Å². The number of hydrogen-bond donors (Lipinski definition) is 2. The summed E-state index contributed by atoms with van der Waals surface area (Å²) in [4.78, 5) is 18.1. The molecule has 2 aromatic carbocycles. The van der Waals surface area contributed by atoms with E-state index in [1.807, 2.05) is 6.07 Å². The Morgan fingerprint density at radius 2 is 1.75 bits per heavy atom. The summed E-state index contributed by atoms with van der Waals surface area (Å²) in [5.74, 6) is -0.622. The monoisotopic (exact) mass is 577 g/mol. The Hall–Kier alpha value is -2.92. The number of sulfone groups is 1. The zero-order valence-electron chi connectivity index (χ0n) is 22.3. The van der Waals surface area contributed by atoms with Crippen molar-refractivity contribution in [3.8, 4) is 0 Å². The largest absolute Gasteiger partial charge is 0.394 e. The third-order valence-corrected chi connectivity index (χ3v) is 9.98. The van der Waals surface area contributed by atoms with Crippen LogP contribution in [0.4, 0.5) is 13.2 Å². The topological polar surface area (TPSA) is 101 Å². The summed E-state index contributed by atoms with van der Waals surface area (Å²) in [6.07, 6.45) is -0.0865. The number of amides is 1. The summed E-state index contributed by atoms with van der Waals surface area (Å²) in [6, 6.07) is 11.0. The van der Waals surface area contributed by atoms with Gasteiger partial charge in [0.25, 0.3) is 5.91 Å². The van der Waals surface area contributed by atoms with Crippen molar-refractivity contribution >= 4 is 26.8 Å². The number of aliphatic hydroxyl groups excluding tert-OH is 1. The van der Waals surface area contributed by atoms with Crippen LogP contribution in [0.1, 0.15) is 79.3 Å². The Morgan fingerprint density at radius 1 is 1.07 bits per heavy atom. The van der Waals surface area contributed by atoms with E-state index in [1.54, 1.807) is 31.2 Å². The molecule has 11 heteroatoms. The van der Waals surface area contributed by atoms with E-state index in [2.05, 4.69) is 9.88 Å². The second-order valence-corrected chi connectivity index (χ2v) is 13.3. The maximum Gasteiger partial charge on any atom is 0.391 e. The number of carbonyl (C=O) groups excluding carboxylic acids is 1. The van der Waals surface area contributed by atoms with Crippen molar-refractivity contribution in [1.82, 2.24) is 14.9 Å². The number of carbonyl (C=O) groups is 1. The summed E-state index contributed by atoms with van der Waals surface area (Å²) in [5.41, 5.74) is 2.51. The lowest BCUT2D eigenvalue weighted by molar-refractivity contribution is -0.183. The number of halogens is 3. The fourth-order valence-corrected chi connectivity index (χ4v) is 6.56. The molecule has 216 valence electrons. The Labute approximate surface area is 231 Å². The number of nitrogens with zero attached hydrogens (tertiary/aromatic N) is 2. The normalized spacial score (nSPS) is 20.9. The molecular weight excluding hydrogens is 543 g/mol. The van der Waals surface area contributed by atoms with Crippen LogP contribution in [0.5, 0.6) is 0 Å². The predicted octanol–water partition coefficient (Wildman–Crippen LogP) is 5.54. The first kappa shape index (κ1) is 28.6.